The molecule has 0 unspecified atom stereocenters. The standard InChI is InChI=1S/C20H26N2O3.4ClH/c1-23-18-12-16(13-19(24-2)20(18)25-3)17-11-15(7-8-21-17)14-22-9-5-4-6-10-22;;;;/h7-8,11-13H,4-6,9-10,14H2,1-3H3;4*1H. The van der Waals surface area contributed by atoms with E-state index in [0.29, 0.717) is 17.2 Å². The highest BCUT2D eigenvalue weighted by atomic mass is 35.5. The van der Waals surface area contributed by atoms with Crippen LogP contribution >= 0.6 is 49.6 Å². The second-order valence-corrected chi connectivity index (χ2v) is 6.30. The number of pyridine rings is 1. The van der Waals surface area contributed by atoms with Gasteiger partial charge < -0.3 is 14.2 Å². The lowest BCUT2D eigenvalue weighted by atomic mass is 10.1. The molecule has 1 fully saturated rings. The number of nitrogens with zero attached hydrogens (tertiary/aromatic N) is 2. The van der Waals surface area contributed by atoms with Crippen LogP contribution in [0.1, 0.15) is 24.8 Å². The van der Waals surface area contributed by atoms with Gasteiger partial charge in [-0.2, -0.15) is 0 Å². The average Bonchev–Trinajstić information content (AvgIpc) is 2.67. The van der Waals surface area contributed by atoms with Crippen LogP contribution in [0.3, 0.4) is 0 Å². The van der Waals surface area contributed by atoms with Crippen molar-refractivity contribution in [2.75, 3.05) is 34.4 Å². The highest BCUT2D eigenvalue weighted by molar-refractivity contribution is 5.86. The minimum Gasteiger partial charge on any atom is -0.493 e. The van der Waals surface area contributed by atoms with Crippen LogP contribution in [0.4, 0.5) is 0 Å². The van der Waals surface area contributed by atoms with E-state index in [9.17, 15) is 0 Å². The molecule has 0 aliphatic carbocycles. The van der Waals surface area contributed by atoms with E-state index in [1.807, 2.05) is 18.3 Å². The van der Waals surface area contributed by atoms with Gasteiger partial charge in [-0.25, -0.2) is 0 Å². The molecule has 3 rings (SSSR count). The van der Waals surface area contributed by atoms with Gasteiger partial charge in [0.15, 0.2) is 11.5 Å². The van der Waals surface area contributed by atoms with E-state index in [-0.39, 0.29) is 49.6 Å². The maximum absolute atomic E-state index is 5.45. The Morgan fingerprint density at radius 1 is 0.828 bits per heavy atom. The molecule has 0 radical (unpaired) electrons. The molecule has 0 N–H and O–H groups in total. The van der Waals surface area contributed by atoms with Crippen molar-refractivity contribution in [2.45, 2.75) is 25.8 Å². The summed E-state index contributed by atoms with van der Waals surface area (Å²) in [6, 6.07) is 8.12. The van der Waals surface area contributed by atoms with Crippen molar-refractivity contribution >= 4 is 49.6 Å². The Kier molecular flexibility index (Phi) is 15.4. The molecule has 9 heteroatoms. The molecular formula is C20H30Cl4N2O3. The zero-order valence-electron chi connectivity index (χ0n) is 16.9. The number of hydrogen-bond donors (Lipinski definition) is 0. The van der Waals surface area contributed by atoms with Crippen molar-refractivity contribution in [3.8, 4) is 28.5 Å². The summed E-state index contributed by atoms with van der Waals surface area (Å²) in [5.74, 6) is 1.87. The molecule has 0 bridgehead atoms. The maximum atomic E-state index is 5.45. The number of aromatic nitrogens is 1. The minimum atomic E-state index is 0. The van der Waals surface area contributed by atoms with Gasteiger partial charge in [-0.05, 0) is 55.8 Å². The Balaban J connectivity index is 0. The average molecular weight is 488 g/mol. The zero-order valence-corrected chi connectivity index (χ0v) is 20.1. The number of rotatable bonds is 6. The van der Waals surface area contributed by atoms with Gasteiger partial charge in [-0.1, -0.05) is 6.42 Å². The molecule has 2 aromatic rings. The van der Waals surface area contributed by atoms with Crippen molar-refractivity contribution in [3.63, 3.8) is 0 Å². The van der Waals surface area contributed by atoms with E-state index in [1.165, 1.54) is 37.9 Å². The van der Waals surface area contributed by atoms with Gasteiger partial charge in [0, 0.05) is 18.3 Å². The number of methoxy groups -OCH3 is 3. The van der Waals surface area contributed by atoms with Crippen molar-refractivity contribution in [2.24, 2.45) is 0 Å². The summed E-state index contributed by atoms with van der Waals surface area (Å²) in [5, 5.41) is 0. The molecule has 1 aliphatic heterocycles. The Morgan fingerprint density at radius 3 is 1.93 bits per heavy atom. The molecule has 29 heavy (non-hydrogen) atoms. The molecule has 5 nitrogen and oxygen atoms in total. The van der Waals surface area contributed by atoms with Gasteiger partial charge in [0.25, 0.3) is 0 Å². The molecule has 0 amide bonds. The lowest BCUT2D eigenvalue weighted by Gasteiger charge is -2.26. The minimum absolute atomic E-state index is 0. The quantitative estimate of drug-likeness (QED) is 0.542. The summed E-state index contributed by atoms with van der Waals surface area (Å²) in [6.45, 7) is 3.34. The molecule has 2 heterocycles. The fraction of sp³-hybridized carbons (Fsp3) is 0.450. The number of piperidine rings is 1. The van der Waals surface area contributed by atoms with Crippen LogP contribution in [-0.4, -0.2) is 44.3 Å². The molecule has 1 aromatic heterocycles. The fourth-order valence-corrected chi connectivity index (χ4v) is 3.34. The highest BCUT2D eigenvalue weighted by Crippen LogP contribution is 2.40. The maximum Gasteiger partial charge on any atom is 0.203 e. The topological polar surface area (TPSA) is 43.8 Å². The van der Waals surface area contributed by atoms with Crippen LogP contribution in [0, 0.1) is 0 Å². The summed E-state index contributed by atoms with van der Waals surface area (Å²) < 4.78 is 16.3. The van der Waals surface area contributed by atoms with Crippen molar-refractivity contribution in [1.82, 2.24) is 9.88 Å². The van der Waals surface area contributed by atoms with Gasteiger partial charge >= 0.3 is 0 Å². The number of halogens is 4. The van der Waals surface area contributed by atoms with Crippen molar-refractivity contribution < 1.29 is 14.2 Å². The lowest BCUT2D eigenvalue weighted by Crippen LogP contribution is -2.29. The first kappa shape index (κ1) is 30.1. The van der Waals surface area contributed by atoms with Crippen molar-refractivity contribution in [3.05, 3.63) is 36.0 Å². The molecule has 1 aromatic carbocycles. The van der Waals surface area contributed by atoms with Crippen LogP contribution < -0.4 is 14.2 Å². The van der Waals surface area contributed by atoms with Gasteiger partial charge in [0.05, 0.1) is 27.0 Å². The predicted octanol–water partition coefficient (Wildman–Crippen LogP) is 5.45. The molecule has 166 valence electrons. The monoisotopic (exact) mass is 486 g/mol. The van der Waals surface area contributed by atoms with Crippen LogP contribution in [0.2, 0.25) is 0 Å². The summed E-state index contributed by atoms with van der Waals surface area (Å²) in [6.07, 6.45) is 5.82. The van der Waals surface area contributed by atoms with Gasteiger partial charge in [0.1, 0.15) is 0 Å². The summed E-state index contributed by atoms with van der Waals surface area (Å²) >= 11 is 0. The van der Waals surface area contributed by atoms with E-state index >= 15 is 0 Å². The van der Waals surface area contributed by atoms with Crippen LogP contribution in [-0.2, 0) is 6.54 Å². The summed E-state index contributed by atoms with van der Waals surface area (Å²) in [4.78, 5) is 7.05. The third kappa shape index (κ3) is 7.58. The Hall–Kier alpha value is -1.11. The SMILES string of the molecule is COc1cc(-c2cc(CN3CCCCC3)ccn2)cc(OC)c1OC.Cl.Cl.Cl.Cl. The van der Waals surface area contributed by atoms with E-state index in [0.717, 1.165) is 17.8 Å². The number of benzene rings is 1. The second-order valence-electron chi connectivity index (χ2n) is 6.30. The van der Waals surface area contributed by atoms with Gasteiger partial charge in [0.2, 0.25) is 5.75 Å². The van der Waals surface area contributed by atoms with E-state index in [4.69, 9.17) is 14.2 Å². The summed E-state index contributed by atoms with van der Waals surface area (Å²) in [5.41, 5.74) is 3.14. The van der Waals surface area contributed by atoms with Crippen LogP contribution in [0.25, 0.3) is 11.3 Å². The molecule has 0 atom stereocenters. The van der Waals surface area contributed by atoms with E-state index in [2.05, 4.69) is 22.0 Å². The van der Waals surface area contributed by atoms with Gasteiger partial charge in [-0.15, -0.1) is 49.6 Å². The highest BCUT2D eigenvalue weighted by Gasteiger charge is 2.15. The first-order valence-corrected chi connectivity index (χ1v) is 8.73. The normalized spacial score (nSPS) is 12.9. The Labute approximate surface area is 198 Å². The third-order valence-electron chi connectivity index (χ3n) is 4.64. The smallest absolute Gasteiger partial charge is 0.203 e. The van der Waals surface area contributed by atoms with E-state index in [1.54, 1.807) is 21.3 Å². The summed E-state index contributed by atoms with van der Waals surface area (Å²) in [7, 11) is 4.86. The Morgan fingerprint density at radius 2 is 1.41 bits per heavy atom. The molecule has 1 saturated heterocycles. The number of hydrogen-bond acceptors (Lipinski definition) is 5. The largest absolute Gasteiger partial charge is 0.493 e. The lowest BCUT2D eigenvalue weighted by molar-refractivity contribution is 0.221. The van der Waals surface area contributed by atoms with Crippen molar-refractivity contribution in [1.29, 1.82) is 0 Å². The predicted molar refractivity (Wildman–Crippen MR) is 127 cm³/mol. The molecule has 1 aliphatic rings. The van der Waals surface area contributed by atoms with Gasteiger partial charge in [-0.3, -0.25) is 9.88 Å². The number of ether oxygens (including phenoxy) is 3. The Bertz CT molecular complexity index is 704. The number of likely N-dealkylation sites (tertiary alicyclic amines) is 1. The van der Waals surface area contributed by atoms with E-state index < -0.39 is 0 Å². The second kappa shape index (κ2) is 14.8. The van der Waals surface area contributed by atoms with Crippen LogP contribution in [0.15, 0.2) is 30.5 Å². The first-order chi connectivity index (χ1) is 12.2. The fourth-order valence-electron chi connectivity index (χ4n) is 3.34. The molecule has 0 saturated carbocycles. The molecular weight excluding hydrogens is 458 g/mol. The third-order valence-corrected chi connectivity index (χ3v) is 4.64. The zero-order chi connectivity index (χ0) is 17.6. The first-order valence-electron chi connectivity index (χ1n) is 8.73. The van der Waals surface area contributed by atoms with Crippen LogP contribution in [0.5, 0.6) is 17.2 Å². The molecule has 0 spiro atoms.